The lowest BCUT2D eigenvalue weighted by molar-refractivity contribution is 0.407. The van der Waals surface area contributed by atoms with Crippen molar-refractivity contribution in [3.8, 4) is 5.75 Å². The minimum atomic E-state index is -0.214. The van der Waals surface area contributed by atoms with Crippen molar-refractivity contribution in [2.45, 2.75) is 19.9 Å². The predicted octanol–water partition coefficient (Wildman–Crippen LogP) is 2.76. The van der Waals surface area contributed by atoms with Gasteiger partial charge in [-0.2, -0.15) is 0 Å². The fraction of sp³-hybridized carbons (Fsp3) is 0.267. The number of hydrogen-bond acceptors (Lipinski definition) is 3. The molecule has 1 aromatic heterocycles. The maximum absolute atomic E-state index is 6.32. The number of methoxy groups -OCH3 is 1. The monoisotopic (exact) mass is 242 g/mol. The van der Waals surface area contributed by atoms with Crippen LogP contribution in [0.3, 0.4) is 0 Å². The number of nitrogens with two attached hydrogens (primary N) is 1. The molecule has 2 aromatic rings. The van der Waals surface area contributed by atoms with Gasteiger partial charge in [0.15, 0.2) is 0 Å². The number of ether oxygens (including phenoxy) is 1. The standard InChI is InChI=1S/C15H18N2O/c1-10-4-5-12(14(8-10)18-3)15(16)13-9-17-7-6-11(13)2/h4-9,15H,16H2,1-3H3. The molecule has 2 N–H and O–H groups in total. The van der Waals surface area contributed by atoms with Crippen molar-refractivity contribution in [3.05, 3.63) is 58.9 Å². The first kappa shape index (κ1) is 12.6. The number of benzene rings is 1. The Morgan fingerprint density at radius 3 is 2.61 bits per heavy atom. The molecule has 1 atom stereocenters. The lowest BCUT2D eigenvalue weighted by atomic mass is 9.96. The van der Waals surface area contributed by atoms with Crippen LogP contribution in [0.15, 0.2) is 36.7 Å². The fourth-order valence-electron chi connectivity index (χ4n) is 2.04. The summed E-state index contributed by atoms with van der Waals surface area (Å²) in [5.74, 6) is 0.825. The molecule has 0 aliphatic carbocycles. The molecular weight excluding hydrogens is 224 g/mol. The van der Waals surface area contributed by atoms with Gasteiger partial charge in [-0.15, -0.1) is 0 Å². The van der Waals surface area contributed by atoms with Gasteiger partial charge in [0.25, 0.3) is 0 Å². The van der Waals surface area contributed by atoms with Crippen LogP contribution in [0.2, 0.25) is 0 Å². The van der Waals surface area contributed by atoms with Crippen molar-refractivity contribution in [1.29, 1.82) is 0 Å². The second-order valence-corrected chi connectivity index (χ2v) is 4.46. The predicted molar refractivity (Wildman–Crippen MR) is 72.7 cm³/mol. The van der Waals surface area contributed by atoms with Gasteiger partial charge in [-0.25, -0.2) is 0 Å². The van der Waals surface area contributed by atoms with Gasteiger partial charge < -0.3 is 10.5 Å². The van der Waals surface area contributed by atoms with E-state index in [1.165, 1.54) is 0 Å². The Morgan fingerprint density at radius 1 is 1.17 bits per heavy atom. The second kappa shape index (κ2) is 5.19. The molecule has 2 rings (SSSR count). The van der Waals surface area contributed by atoms with E-state index < -0.39 is 0 Å². The smallest absolute Gasteiger partial charge is 0.124 e. The Labute approximate surface area is 108 Å². The molecule has 0 radical (unpaired) electrons. The quantitative estimate of drug-likeness (QED) is 0.900. The van der Waals surface area contributed by atoms with Gasteiger partial charge in [-0.1, -0.05) is 12.1 Å². The number of rotatable bonds is 3. The van der Waals surface area contributed by atoms with E-state index in [1.807, 2.05) is 44.3 Å². The minimum Gasteiger partial charge on any atom is -0.496 e. The topological polar surface area (TPSA) is 48.1 Å². The lowest BCUT2D eigenvalue weighted by Crippen LogP contribution is -2.14. The first-order valence-electron chi connectivity index (χ1n) is 5.94. The molecular formula is C15H18N2O. The number of aryl methyl sites for hydroxylation is 2. The zero-order valence-corrected chi connectivity index (χ0v) is 11.0. The largest absolute Gasteiger partial charge is 0.496 e. The third kappa shape index (κ3) is 2.36. The van der Waals surface area contributed by atoms with Gasteiger partial charge in [-0.05, 0) is 42.7 Å². The Balaban J connectivity index is 2.46. The van der Waals surface area contributed by atoms with Crippen LogP contribution in [0.5, 0.6) is 5.75 Å². The summed E-state index contributed by atoms with van der Waals surface area (Å²) in [5.41, 5.74) is 10.6. The molecule has 1 heterocycles. The van der Waals surface area contributed by atoms with Crippen LogP contribution in [0.1, 0.15) is 28.3 Å². The Bertz CT molecular complexity index is 552. The Kier molecular flexibility index (Phi) is 3.63. The molecule has 0 saturated carbocycles. The molecule has 0 bridgehead atoms. The van der Waals surface area contributed by atoms with E-state index >= 15 is 0 Å². The molecule has 94 valence electrons. The van der Waals surface area contributed by atoms with Crippen LogP contribution in [-0.4, -0.2) is 12.1 Å². The van der Waals surface area contributed by atoms with Crippen molar-refractivity contribution >= 4 is 0 Å². The highest BCUT2D eigenvalue weighted by Crippen LogP contribution is 2.30. The van der Waals surface area contributed by atoms with Crippen molar-refractivity contribution in [1.82, 2.24) is 4.98 Å². The molecule has 1 unspecified atom stereocenters. The van der Waals surface area contributed by atoms with Gasteiger partial charge in [-0.3, -0.25) is 4.98 Å². The summed E-state index contributed by atoms with van der Waals surface area (Å²) in [4.78, 5) is 4.14. The van der Waals surface area contributed by atoms with Crippen molar-refractivity contribution < 1.29 is 4.74 Å². The molecule has 0 saturated heterocycles. The molecule has 0 spiro atoms. The van der Waals surface area contributed by atoms with Gasteiger partial charge >= 0.3 is 0 Å². The maximum atomic E-state index is 6.32. The summed E-state index contributed by atoms with van der Waals surface area (Å²) < 4.78 is 5.41. The van der Waals surface area contributed by atoms with Gasteiger partial charge in [0.05, 0.1) is 13.2 Å². The van der Waals surface area contributed by atoms with Crippen molar-refractivity contribution in [2.24, 2.45) is 5.73 Å². The first-order chi connectivity index (χ1) is 8.63. The summed E-state index contributed by atoms with van der Waals surface area (Å²) in [7, 11) is 1.67. The van der Waals surface area contributed by atoms with Crippen LogP contribution in [0.4, 0.5) is 0 Å². The number of nitrogens with zero attached hydrogens (tertiary/aromatic N) is 1. The lowest BCUT2D eigenvalue weighted by Gasteiger charge is -2.18. The van der Waals surface area contributed by atoms with Crippen molar-refractivity contribution in [3.63, 3.8) is 0 Å². The SMILES string of the molecule is COc1cc(C)ccc1C(N)c1cnccc1C. The normalized spacial score (nSPS) is 12.2. The Hall–Kier alpha value is -1.87. The van der Waals surface area contributed by atoms with E-state index in [0.29, 0.717) is 0 Å². The van der Waals surface area contributed by atoms with E-state index in [9.17, 15) is 0 Å². The van der Waals surface area contributed by atoms with E-state index in [0.717, 1.165) is 28.0 Å². The van der Waals surface area contributed by atoms with E-state index in [-0.39, 0.29) is 6.04 Å². The summed E-state index contributed by atoms with van der Waals surface area (Å²) in [6, 6.07) is 7.82. The zero-order chi connectivity index (χ0) is 13.1. The zero-order valence-electron chi connectivity index (χ0n) is 11.0. The highest BCUT2D eigenvalue weighted by molar-refractivity contribution is 5.44. The molecule has 0 aliphatic rings. The third-order valence-corrected chi connectivity index (χ3v) is 3.14. The number of pyridine rings is 1. The summed E-state index contributed by atoms with van der Waals surface area (Å²) >= 11 is 0. The summed E-state index contributed by atoms with van der Waals surface area (Å²) in [6.07, 6.45) is 3.59. The molecule has 0 aliphatic heterocycles. The molecule has 0 fully saturated rings. The third-order valence-electron chi connectivity index (χ3n) is 3.14. The van der Waals surface area contributed by atoms with Gasteiger partial charge in [0.2, 0.25) is 0 Å². The fourth-order valence-corrected chi connectivity index (χ4v) is 2.04. The van der Waals surface area contributed by atoms with E-state index in [2.05, 4.69) is 4.98 Å². The maximum Gasteiger partial charge on any atom is 0.124 e. The van der Waals surface area contributed by atoms with Crippen LogP contribution in [0.25, 0.3) is 0 Å². The first-order valence-corrected chi connectivity index (χ1v) is 5.94. The van der Waals surface area contributed by atoms with Crippen LogP contribution >= 0.6 is 0 Å². The summed E-state index contributed by atoms with van der Waals surface area (Å²) in [5, 5.41) is 0. The van der Waals surface area contributed by atoms with E-state index in [4.69, 9.17) is 10.5 Å². The number of hydrogen-bond donors (Lipinski definition) is 1. The average Bonchev–Trinajstić information content (AvgIpc) is 2.38. The molecule has 3 heteroatoms. The van der Waals surface area contributed by atoms with Crippen LogP contribution < -0.4 is 10.5 Å². The minimum absolute atomic E-state index is 0.214. The molecule has 1 aromatic carbocycles. The van der Waals surface area contributed by atoms with Gasteiger partial charge in [0, 0.05) is 18.0 Å². The van der Waals surface area contributed by atoms with Crippen LogP contribution in [-0.2, 0) is 0 Å². The number of aromatic nitrogens is 1. The highest BCUT2D eigenvalue weighted by atomic mass is 16.5. The van der Waals surface area contributed by atoms with Crippen LogP contribution in [0, 0.1) is 13.8 Å². The average molecular weight is 242 g/mol. The second-order valence-electron chi connectivity index (χ2n) is 4.46. The van der Waals surface area contributed by atoms with Gasteiger partial charge in [0.1, 0.15) is 5.75 Å². The highest BCUT2D eigenvalue weighted by Gasteiger charge is 2.15. The summed E-state index contributed by atoms with van der Waals surface area (Å²) in [6.45, 7) is 4.07. The van der Waals surface area contributed by atoms with E-state index in [1.54, 1.807) is 13.3 Å². The molecule has 18 heavy (non-hydrogen) atoms. The Morgan fingerprint density at radius 2 is 1.94 bits per heavy atom. The van der Waals surface area contributed by atoms with Crippen molar-refractivity contribution in [2.75, 3.05) is 7.11 Å². The molecule has 0 amide bonds. The molecule has 3 nitrogen and oxygen atoms in total.